The third-order valence-corrected chi connectivity index (χ3v) is 4.79. The summed E-state index contributed by atoms with van der Waals surface area (Å²) in [6.07, 6.45) is 6.96. The molecule has 0 bridgehead atoms. The van der Waals surface area contributed by atoms with E-state index in [-0.39, 0.29) is 11.6 Å². The summed E-state index contributed by atoms with van der Waals surface area (Å²) in [6, 6.07) is 7.11. The average molecular weight is 260 g/mol. The van der Waals surface area contributed by atoms with Gasteiger partial charge in [-0.25, -0.2) is 0 Å². The summed E-state index contributed by atoms with van der Waals surface area (Å²) in [7, 11) is 0. The van der Waals surface area contributed by atoms with Crippen LogP contribution in [0.3, 0.4) is 0 Å². The molecule has 1 aliphatic heterocycles. The van der Waals surface area contributed by atoms with Crippen molar-refractivity contribution in [1.29, 1.82) is 0 Å². The van der Waals surface area contributed by atoms with Crippen LogP contribution in [0.4, 0.5) is 0 Å². The minimum Gasteiger partial charge on any atom is -0.374 e. The normalized spacial score (nSPS) is 27.5. The van der Waals surface area contributed by atoms with Gasteiger partial charge in [-0.3, -0.25) is 11.3 Å². The zero-order valence-electron chi connectivity index (χ0n) is 11.7. The molecular weight excluding hydrogens is 236 g/mol. The SMILES string of the molecule is CC1(C(Cc2ccc3c(c2)CCC3)NN)CCCO1. The van der Waals surface area contributed by atoms with Crippen molar-refractivity contribution in [3.05, 3.63) is 34.9 Å². The number of benzene rings is 1. The van der Waals surface area contributed by atoms with Gasteiger partial charge in [-0.05, 0) is 62.1 Å². The van der Waals surface area contributed by atoms with Crippen LogP contribution in [0.1, 0.15) is 42.9 Å². The Balaban J connectivity index is 1.75. The molecule has 2 atom stereocenters. The number of aryl methyl sites for hydroxylation is 2. The number of nitrogens with one attached hydrogen (secondary N) is 1. The Labute approximate surface area is 115 Å². The van der Waals surface area contributed by atoms with E-state index in [1.54, 1.807) is 0 Å². The molecule has 0 radical (unpaired) electrons. The van der Waals surface area contributed by atoms with Crippen LogP contribution < -0.4 is 11.3 Å². The minimum absolute atomic E-state index is 0.117. The fraction of sp³-hybridized carbons (Fsp3) is 0.625. The smallest absolute Gasteiger partial charge is 0.0824 e. The molecule has 2 aliphatic rings. The van der Waals surface area contributed by atoms with Crippen molar-refractivity contribution in [3.63, 3.8) is 0 Å². The number of fused-ring (bicyclic) bond motifs is 1. The molecule has 3 rings (SSSR count). The fourth-order valence-electron chi connectivity index (χ4n) is 3.51. The predicted molar refractivity (Wildman–Crippen MR) is 76.9 cm³/mol. The Morgan fingerprint density at radius 1 is 1.32 bits per heavy atom. The van der Waals surface area contributed by atoms with Crippen LogP contribution >= 0.6 is 0 Å². The first-order valence-electron chi connectivity index (χ1n) is 7.42. The van der Waals surface area contributed by atoms with E-state index in [0.29, 0.717) is 0 Å². The van der Waals surface area contributed by atoms with E-state index in [1.807, 2.05) is 0 Å². The molecule has 0 saturated carbocycles. The first-order chi connectivity index (χ1) is 9.21. The van der Waals surface area contributed by atoms with Gasteiger partial charge >= 0.3 is 0 Å². The summed E-state index contributed by atoms with van der Waals surface area (Å²) in [5.74, 6) is 5.77. The van der Waals surface area contributed by atoms with Crippen molar-refractivity contribution in [1.82, 2.24) is 5.43 Å². The molecule has 1 aliphatic carbocycles. The molecular formula is C16H24N2O. The van der Waals surface area contributed by atoms with Crippen LogP contribution in [0.5, 0.6) is 0 Å². The Morgan fingerprint density at radius 3 is 2.89 bits per heavy atom. The van der Waals surface area contributed by atoms with Crippen LogP contribution in [-0.2, 0) is 24.0 Å². The third-order valence-electron chi connectivity index (χ3n) is 4.79. The maximum atomic E-state index is 5.92. The molecule has 0 spiro atoms. The predicted octanol–water partition coefficient (Wildman–Crippen LogP) is 2.12. The fourth-order valence-corrected chi connectivity index (χ4v) is 3.51. The van der Waals surface area contributed by atoms with E-state index >= 15 is 0 Å². The molecule has 1 fully saturated rings. The van der Waals surface area contributed by atoms with Crippen LogP contribution in [0, 0.1) is 0 Å². The Kier molecular flexibility index (Phi) is 3.61. The van der Waals surface area contributed by atoms with Gasteiger partial charge in [-0.1, -0.05) is 18.2 Å². The summed E-state index contributed by atoms with van der Waals surface area (Å²) >= 11 is 0. The van der Waals surface area contributed by atoms with Crippen LogP contribution in [0.15, 0.2) is 18.2 Å². The third kappa shape index (κ3) is 2.55. The van der Waals surface area contributed by atoms with E-state index < -0.39 is 0 Å². The lowest BCUT2D eigenvalue weighted by Gasteiger charge is -2.33. The number of ether oxygens (including phenoxy) is 1. The Bertz CT molecular complexity index is 452. The van der Waals surface area contributed by atoms with Crippen molar-refractivity contribution >= 4 is 0 Å². The monoisotopic (exact) mass is 260 g/mol. The van der Waals surface area contributed by atoms with Crippen molar-refractivity contribution < 1.29 is 4.74 Å². The van der Waals surface area contributed by atoms with Gasteiger partial charge in [0.05, 0.1) is 11.6 Å². The number of rotatable bonds is 4. The molecule has 3 N–H and O–H groups in total. The second kappa shape index (κ2) is 5.23. The standard InChI is InChI=1S/C16H24N2O/c1-16(8-3-9-19-16)15(18-17)11-12-6-7-13-4-2-5-14(13)10-12/h6-7,10,15,18H,2-5,8-9,11,17H2,1H3. The zero-order chi connectivity index (χ0) is 13.3. The molecule has 1 aromatic rings. The summed E-state index contributed by atoms with van der Waals surface area (Å²) in [4.78, 5) is 0. The molecule has 104 valence electrons. The number of nitrogens with two attached hydrogens (primary N) is 1. The molecule has 0 amide bonds. The van der Waals surface area contributed by atoms with Gasteiger partial charge in [-0.15, -0.1) is 0 Å². The highest BCUT2D eigenvalue weighted by Gasteiger charge is 2.37. The lowest BCUT2D eigenvalue weighted by atomic mass is 9.88. The van der Waals surface area contributed by atoms with Crippen molar-refractivity contribution in [3.8, 4) is 0 Å². The van der Waals surface area contributed by atoms with Crippen molar-refractivity contribution in [2.75, 3.05) is 6.61 Å². The highest BCUT2D eigenvalue weighted by molar-refractivity contribution is 5.35. The summed E-state index contributed by atoms with van der Waals surface area (Å²) in [5.41, 5.74) is 7.30. The molecule has 0 aromatic heterocycles. The van der Waals surface area contributed by atoms with Gasteiger partial charge in [0.2, 0.25) is 0 Å². The number of hydrazine groups is 1. The highest BCUT2D eigenvalue weighted by atomic mass is 16.5. The molecule has 1 saturated heterocycles. The quantitative estimate of drug-likeness (QED) is 0.644. The first kappa shape index (κ1) is 13.1. The summed E-state index contributed by atoms with van der Waals surface area (Å²) in [6.45, 7) is 3.04. The lowest BCUT2D eigenvalue weighted by Crippen LogP contribution is -2.52. The zero-order valence-corrected chi connectivity index (χ0v) is 11.7. The Hall–Kier alpha value is -0.900. The van der Waals surface area contributed by atoms with Crippen LogP contribution in [0.2, 0.25) is 0 Å². The van der Waals surface area contributed by atoms with Gasteiger partial charge in [0.25, 0.3) is 0 Å². The van der Waals surface area contributed by atoms with Gasteiger partial charge < -0.3 is 4.74 Å². The van der Waals surface area contributed by atoms with Gasteiger partial charge in [0.15, 0.2) is 0 Å². The summed E-state index contributed by atoms with van der Waals surface area (Å²) < 4.78 is 5.92. The lowest BCUT2D eigenvalue weighted by molar-refractivity contribution is -0.0115. The van der Waals surface area contributed by atoms with Gasteiger partial charge in [0, 0.05) is 6.61 Å². The first-order valence-corrected chi connectivity index (χ1v) is 7.42. The van der Waals surface area contributed by atoms with Gasteiger partial charge in [-0.2, -0.15) is 0 Å². The molecule has 1 aromatic carbocycles. The maximum Gasteiger partial charge on any atom is 0.0824 e. The van der Waals surface area contributed by atoms with Crippen molar-refractivity contribution in [2.24, 2.45) is 5.84 Å². The second-order valence-corrected chi connectivity index (χ2v) is 6.14. The maximum absolute atomic E-state index is 5.92. The molecule has 19 heavy (non-hydrogen) atoms. The minimum atomic E-state index is -0.117. The van der Waals surface area contributed by atoms with E-state index in [9.17, 15) is 0 Å². The van der Waals surface area contributed by atoms with E-state index in [1.165, 1.54) is 36.0 Å². The van der Waals surface area contributed by atoms with E-state index in [2.05, 4.69) is 30.5 Å². The van der Waals surface area contributed by atoms with Crippen LogP contribution in [-0.4, -0.2) is 18.2 Å². The summed E-state index contributed by atoms with van der Waals surface area (Å²) in [5, 5.41) is 0. The average Bonchev–Trinajstić information content (AvgIpc) is 3.04. The number of hydrogen-bond donors (Lipinski definition) is 2. The molecule has 3 heteroatoms. The number of hydrogen-bond acceptors (Lipinski definition) is 3. The Morgan fingerprint density at radius 2 is 2.16 bits per heavy atom. The largest absolute Gasteiger partial charge is 0.374 e. The van der Waals surface area contributed by atoms with E-state index in [4.69, 9.17) is 10.6 Å². The molecule has 2 unspecified atom stereocenters. The topological polar surface area (TPSA) is 47.3 Å². The van der Waals surface area contributed by atoms with Gasteiger partial charge in [0.1, 0.15) is 0 Å². The molecule has 3 nitrogen and oxygen atoms in total. The second-order valence-electron chi connectivity index (χ2n) is 6.14. The van der Waals surface area contributed by atoms with Crippen molar-refractivity contribution in [2.45, 2.75) is 57.1 Å². The van der Waals surface area contributed by atoms with E-state index in [0.717, 1.165) is 25.9 Å². The van der Waals surface area contributed by atoms with Crippen LogP contribution in [0.25, 0.3) is 0 Å². The molecule has 1 heterocycles. The highest BCUT2D eigenvalue weighted by Crippen LogP contribution is 2.31.